The Morgan fingerprint density at radius 2 is 2.18 bits per heavy atom. The highest BCUT2D eigenvalue weighted by Gasteiger charge is 2.44. The van der Waals surface area contributed by atoms with Gasteiger partial charge in [0.2, 0.25) is 0 Å². The summed E-state index contributed by atoms with van der Waals surface area (Å²) in [5.74, 6) is 1.24. The van der Waals surface area contributed by atoms with Crippen LogP contribution in [0.1, 0.15) is 19.3 Å². The molecule has 0 heterocycles. The largest absolute Gasteiger partial charge is 0.495 e. The number of para-hydroxylation sites is 1. The molecule has 1 aromatic rings. The molecule has 0 N–H and O–H groups in total. The van der Waals surface area contributed by atoms with E-state index in [4.69, 9.17) is 10.00 Å². The number of ether oxygens (including phenoxy) is 1. The maximum Gasteiger partial charge on any atom is 0.134 e. The molecule has 4 heteroatoms. The van der Waals surface area contributed by atoms with Crippen LogP contribution in [-0.2, 0) is 10.8 Å². The zero-order valence-corrected chi connectivity index (χ0v) is 10.6. The van der Waals surface area contributed by atoms with Crippen LogP contribution in [-0.4, -0.2) is 17.1 Å². The first-order valence-electron chi connectivity index (χ1n) is 5.59. The lowest BCUT2D eigenvalue weighted by molar-refractivity contribution is 0.404. The van der Waals surface area contributed by atoms with Crippen LogP contribution in [0.5, 0.6) is 5.75 Å². The second-order valence-corrected chi connectivity index (χ2v) is 5.90. The second-order valence-electron chi connectivity index (χ2n) is 4.48. The van der Waals surface area contributed by atoms with E-state index in [0.717, 1.165) is 17.7 Å². The highest BCUT2D eigenvalue weighted by atomic mass is 32.2. The summed E-state index contributed by atoms with van der Waals surface area (Å²) in [6, 6.07) is 9.56. The summed E-state index contributed by atoms with van der Waals surface area (Å²) in [5.41, 5.74) is 0.000460. The van der Waals surface area contributed by atoms with E-state index in [1.807, 2.05) is 24.3 Å². The lowest BCUT2D eigenvalue weighted by atomic mass is 10.1. The normalized spacial score (nSPS) is 18.1. The number of nitrogens with zero attached hydrogens (tertiary/aromatic N) is 1. The molecule has 90 valence electrons. The Morgan fingerprint density at radius 1 is 1.47 bits per heavy atom. The molecule has 1 unspecified atom stereocenters. The number of rotatable bonds is 5. The first-order valence-corrected chi connectivity index (χ1v) is 6.91. The van der Waals surface area contributed by atoms with Crippen molar-refractivity contribution in [3.63, 3.8) is 0 Å². The molecule has 0 amide bonds. The third-order valence-corrected chi connectivity index (χ3v) is 4.87. The van der Waals surface area contributed by atoms with E-state index in [2.05, 4.69) is 6.07 Å². The molecule has 17 heavy (non-hydrogen) atoms. The van der Waals surface area contributed by atoms with Gasteiger partial charge in [0.05, 0.1) is 28.9 Å². The van der Waals surface area contributed by atoms with E-state index in [0.29, 0.717) is 17.9 Å². The molecule has 3 nitrogen and oxygen atoms in total. The zero-order valence-electron chi connectivity index (χ0n) is 9.81. The fourth-order valence-corrected chi connectivity index (χ4v) is 3.59. The topological polar surface area (TPSA) is 50.1 Å². The van der Waals surface area contributed by atoms with Crippen LogP contribution in [0.2, 0.25) is 0 Å². The van der Waals surface area contributed by atoms with Gasteiger partial charge in [-0.05, 0) is 30.4 Å². The average molecular weight is 249 g/mol. The van der Waals surface area contributed by atoms with Gasteiger partial charge in [-0.15, -0.1) is 0 Å². The van der Waals surface area contributed by atoms with E-state index in [1.165, 1.54) is 0 Å². The van der Waals surface area contributed by atoms with Crippen molar-refractivity contribution in [2.24, 2.45) is 5.41 Å². The third-order valence-electron chi connectivity index (χ3n) is 3.16. The number of hydrogen-bond donors (Lipinski definition) is 0. The quantitative estimate of drug-likeness (QED) is 0.805. The first-order chi connectivity index (χ1) is 8.21. The van der Waals surface area contributed by atoms with Crippen molar-refractivity contribution in [1.82, 2.24) is 0 Å². The van der Waals surface area contributed by atoms with E-state index >= 15 is 0 Å². The molecule has 0 radical (unpaired) electrons. The minimum Gasteiger partial charge on any atom is -0.495 e. The van der Waals surface area contributed by atoms with Crippen LogP contribution >= 0.6 is 0 Å². The van der Waals surface area contributed by atoms with Crippen molar-refractivity contribution < 1.29 is 8.95 Å². The van der Waals surface area contributed by atoms with Crippen molar-refractivity contribution in [2.75, 3.05) is 12.9 Å². The van der Waals surface area contributed by atoms with Crippen LogP contribution in [0.3, 0.4) is 0 Å². The minimum absolute atomic E-state index is 0.000460. The minimum atomic E-state index is -1.08. The van der Waals surface area contributed by atoms with Gasteiger partial charge in [0, 0.05) is 12.2 Å². The van der Waals surface area contributed by atoms with Crippen molar-refractivity contribution in [3.8, 4) is 11.8 Å². The molecule has 0 aliphatic heterocycles. The smallest absolute Gasteiger partial charge is 0.134 e. The number of nitriles is 1. The van der Waals surface area contributed by atoms with Crippen LogP contribution < -0.4 is 4.74 Å². The maximum atomic E-state index is 12.3. The van der Waals surface area contributed by atoms with Crippen LogP contribution in [0.15, 0.2) is 29.2 Å². The number of methoxy groups -OCH3 is 1. The average Bonchev–Trinajstić information content (AvgIpc) is 3.09. The Bertz CT molecular complexity index is 475. The van der Waals surface area contributed by atoms with Gasteiger partial charge in [0.25, 0.3) is 0 Å². The van der Waals surface area contributed by atoms with Gasteiger partial charge in [0.1, 0.15) is 5.75 Å². The highest BCUT2D eigenvalue weighted by molar-refractivity contribution is 7.85. The van der Waals surface area contributed by atoms with Crippen LogP contribution in [0.25, 0.3) is 0 Å². The molecule has 1 atom stereocenters. The monoisotopic (exact) mass is 249 g/mol. The summed E-state index contributed by atoms with van der Waals surface area (Å²) in [7, 11) is 0.502. The molecule has 0 saturated heterocycles. The van der Waals surface area contributed by atoms with E-state index in [9.17, 15) is 4.21 Å². The molecule has 1 aliphatic carbocycles. The Balaban J connectivity index is 2.13. The Morgan fingerprint density at radius 3 is 2.76 bits per heavy atom. The van der Waals surface area contributed by atoms with Crippen LogP contribution in [0, 0.1) is 16.7 Å². The van der Waals surface area contributed by atoms with Gasteiger partial charge in [0.15, 0.2) is 0 Å². The molecule has 1 saturated carbocycles. The van der Waals surface area contributed by atoms with Crippen molar-refractivity contribution in [3.05, 3.63) is 24.3 Å². The summed E-state index contributed by atoms with van der Waals surface area (Å²) in [6.45, 7) is 0. The third kappa shape index (κ3) is 2.67. The molecule has 0 bridgehead atoms. The molecule has 1 fully saturated rings. The zero-order chi connectivity index (χ0) is 12.3. The molecule has 0 aromatic heterocycles. The van der Waals surface area contributed by atoms with Crippen molar-refractivity contribution in [2.45, 2.75) is 24.2 Å². The first kappa shape index (κ1) is 12.1. The van der Waals surface area contributed by atoms with E-state index in [1.54, 1.807) is 7.11 Å². The highest BCUT2D eigenvalue weighted by Crippen LogP contribution is 2.49. The predicted molar refractivity (Wildman–Crippen MR) is 66.2 cm³/mol. The lowest BCUT2D eigenvalue weighted by Crippen LogP contribution is -2.12. The van der Waals surface area contributed by atoms with Crippen molar-refractivity contribution >= 4 is 10.8 Å². The lowest BCUT2D eigenvalue weighted by Gasteiger charge is -2.12. The van der Waals surface area contributed by atoms with E-state index in [-0.39, 0.29) is 5.41 Å². The summed E-state index contributed by atoms with van der Waals surface area (Å²) in [5, 5.41) is 8.75. The molecule has 0 spiro atoms. The Kier molecular flexibility index (Phi) is 3.49. The van der Waals surface area contributed by atoms with Gasteiger partial charge < -0.3 is 4.74 Å². The summed E-state index contributed by atoms with van der Waals surface area (Å²) >= 11 is 0. The van der Waals surface area contributed by atoms with E-state index < -0.39 is 10.8 Å². The van der Waals surface area contributed by atoms with Gasteiger partial charge in [-0.3, -0.25) is 4.21 Å². The fourth-order valence-electron chi connectivity index (χ4n) is 1.88. The fraction of sp³-hybridized carbons (Fsp3) is 0.462. The summed E-state index contributed by atoms with van der Waals surface area (Å²) in [4.78, 5) is 0.735. The summed E-state index contributed by atoms with van der Waals surface area (Å²) in [6.07, 6.45) is 2.54. The van der Waals surface area contributed by atoms with Gasteiger partial charge in [-0.25, -0.2) is 0 Å². The van der Waals surface area contributed by atoms with Crippen LogP contribution in [0.4, 0.5) is 0 Å². The standard InChI is InChI=1S/C13H15NO2S/c1-16-11-4-2-3-5-12(11)17(15)10-13(6-7-13)8-9-14/h2-5H,6-8,10H2,1H3. The molecular weight excluding hydrogens is 234 g/mol. The predicted octanol–water partition coefficient (Wildman–Crippen LogP) is 2.50. The molecule has 1 aromatic carbocycles. The Labute approximate surface area is 104 Å². The summed E-state index contributed by atoms with van der Waals surface area (Å²) < 4.78 is 17.5. The SMILES string of the molecule is COc1ccccc1S(=O)CC1(CC#N)CC1. The molecular formula is C13H15NO2S. The van der Waals surface area contributed by atoms with Gasteiger partial charge in [-0.2, -0.15) is 5.26 Å². The second kappa shape index (κ2) is 4.89. The Hall–Kier alpha value is -1.34. The molecule has 1 aliphatic rings. The van der Waals surface area contributed by atoms with Crippen molar-refractivity contribution in [1.29, 1.82) is 5.26 Å². The van der Waals surface area contributed by atoms with Gasteiger partial charge >= 0.3 is 0 Å². The molecule has 2 rings (SSSR count). The number of benzene rings is 1. The van der Waals surface area contributed by atoms with Gasteiger partial charge in [-0.1, -0.05) is 12.1 Å². The maximum absolute atomic E-state index is 12.3. The number of hydrogen-bond acceptors (Lipinski definition) is 3.